The van der Waals surface area contributed by atoms with Gasteiger partial charge in [-0.05, 0) is 66.1 Å². The van der Waals surface area contributed by atoms with Crippen molar-refractivity contribution in [2.45, 2.75) is 32.0 Å². The number of ketones is 1. The molecule has 1 aromatic heterocycles. The number of aromatic nitrogens is 1. The third-order valence-electron chi connectivity index (χ3n) is 6.00. The zero-order valence-electron chi connectivity index (χ0n) is 17.9. The number of likely N-dealkylation sites (tertiary alicyclic amines) is 1. The average molecular weight is 444 g/mol. The van der Waals surface area contributed by atoms with Crippen LogP contribution < -0.4 is 4.74 Å². The van der Waals surface area contributed by atoms with Crippen molar-refractivity contribution in [3.8, 4) is 5.75 Å². The fourth-order valence-corrected chi connectivity index (χ4v) is 4.44. The maximum absolute atomic E-state index is 13.6. The minimum Gasteiger partial charge on any atom is -0.507 e. The van der Waals surface area contributed by atoms with Gasteiger partial charge in [-0.3, -0.25) is 14.6 Å². The van der Waals surface area contributed by atoms with Crippen molar-refractivity contribution < 1.29 is 23.8 Å². The first-order valence-corrected chi connectivity index (χ1v) is 10.6. The van der Waals surface area contributed by atoms with Crippen LogP contribution in [0.4, 0.5) is 4.39 Å². The summed E-state index contributed by atoms with van der Waals surface area (Å²) in [5, 5.41) is 11.2. The Balaban J connectivity index is 1.62. The second-order valence-electron chi connectivity index (χ2n) is 8.29. The van der Waals surface area contributed by atoms with Gasteiger partial charge < -0.3 is 14.7 Å². The molecule has 7 heteroatoms. The lowest BCUT2D eigenvalue weighted by Gasteiger charge is -2.25. The summed E-state index contributed by atoms with van der Waals surface area (Å²) in [6.45, 7) is 2.10. The number of ether oxygens (including phenoxy) is 1. The largest absolute Gasteiger partial charge is 0.507 e. The molecule has 3 heterocycles. The highest BCUT2D eigenvalue weighted by atomic mass is 19.1. The average Bonchev–Trinajstić information content (AvgIpc) is 3.31. The Morgan fingerprint density at radius 1 is 1.12 bits per heavy atom. The Morgan fingerprint density at radius 2 is 1.85 bits per heavy atom. The number of halogens is 1. The van der Waals surface area contributed by atoms with E-state index in [1.54, 1.807) is 42.7 Å². The zero-order valence-corrected chi connectivity index (χ0v) is 17.9. The number of nitrogens with zero attached hydrogens (tertiary/aromatic N) is 2. The highest BCUT2D eigenvalue weighted by Crippen LogP contribution is 2.41. The Kier molecular flexibility index (Phi) is 5.17. The minimum absolute atomic E-state index is 0.0208. The Labute approximate surface area is 190 Å². The second-order valence-corrected chi connectivity index (χ2v) is 8.29. The fourth-order valence-electron chi connectivity index (χ4n) is 4.44. The molecular formula is C26H21FN2O4. The molecule has 6 nitrogen and oxygen atoms in total. The molecule has 3 aromatic rings. The standard InChI is InChI=1S/C26H21FN2O4/c1-15-12-19-13-18(4-7-21(19)33-15)24(30)22-23(17-2-5-20(27)6-3-17)29(26(32)25(22)31)14-16-8-10-28-11-9-16/h2-11,13,15,23,30H,12,14H2,1H3/b24-22+. The fraction of sp³-hybridized carbons (Fsp3) is 0.192. The molecule has 2 aliphatic rings. The zero-order chi connectivity index (χ0) is 23.1. The number of rotatable bonds is 4. The van der Waals surface area contributed by atoms with Crippen molar-refractivity contribution in [1.29, 1.82) is 0 Å². The van der Waals surface area contributed by atoms with Crippen LogP contribution in [0.1, 0.15) is 35.2 Å². The maximum atomic E-state index is 13.6. The molecule has 0 saturated carbocycles. The molecule has 0 aliphatic carbocycles. The molecule has 1 saturated heterocycles. The van der Waals surface area contributed by atoms with Crippen LogP contribution in [0.5, 0.6) is 5.75 Å². The van der Waals surface area contributed by atoms with E-state index in [0.717, 1.165) is 16.9 Å². The molecule has 0 bridgehead atoms. The number of carbonyl (C=O) groups is 2. The van der Waals surface area contributed by atoms with Gasteiger partial charge in [-0.1, -0.05) is 12.1 Å². The molecule has 2 aromatic carbocycles. The maximum Gasteiger partial charge on any atom is 0.295 e. The van der Waals surface area contributed by atoms with E-state index < -0.39 is 23.5 Å². The van der Waals surface area contributed by atoms with Crippen LogP contribution in [0.15, 0.2) is 72.6 Å². The third-order valence-corrected chi connectivity index (χ3v) is 6.00. The number of aliphatic hydroxyl groups is 1. The molecule has 2 atom stereocenters. The normalized spacial score (nSPS) is 21.2. The lowest BCUT2D eigenvalue weighted by atomic mass is 9.94. The van der Waals surface area contributed by atoms with Gasteiger partial charge >= 0.3 is 0 Å². The van der Waals surface area contributed by atoms with Crippen LogP contribution in [-0.4, -0.2) is 32.8 Å². The summed E-state index contributed by atoms with van der Waals surface area (Å²) in [6, 6.07) is 13.5. The summed E-state index contributed by atoms with van der Waals surface area (Å²) in [5.74, 6) is -1.45. The van der Waals surface area contributed by atoms with Crippen molar-refractivity contribution >= 4 is 17.4 Å². The van der Waals surface area contributed by atoms with Gasteiger partial charge in [-0.2, -0.15) is 0 Å². The summed E-state index contributed by atoms with van der Waals surface area (Å²) in [7, 11) is 0. The van der Waals surface area contributed by atoms with Gasteiger partial charge in [0.15, 0.2) is 0 Å². The molecule has 5 rings (SSSR count). The molecule has 166 valence electrons. The van der Waals surface area contributed by atoms with Gasteiger partial charge in [0.25, 0.3) is 11.7 Å². The van der Waals surface area contributed by atoms with Crippen LogP contribution >= 0.6 is 0 Å². The molecular weight excluding hydrogens is 423 g/mol. The Bertz CT molecular complexity index is 1270. The quantitative estimate of drug-likeness (QED) is 0.371. The Hall–Kier alpha value is -4.00. The van der Waals surface area contributed by atoms with Crippen LogP contribution in [0.2, 0.25) is 0 Å². The van der Waals surface area contributed by atoms with E-state index in [1.807, 2.05) is 6.92 Å². The summed E-state index contributed by atoms with van der Waals surface area (Å²) in [5.41, 5.74) is 2.65. The number of benzene rings is 2. The van der Waals surface area contributed by atoms with E-state index in [2.05, 4.69) is 4.98 Å². The van der Waals surface area contributed by atoms with Gasteiger partial charge in [0, 0.05) is 30.9 Å². The molecule has 1 amide bonds. The number of carbonyl (C=O) groups excluding carboxylic acids is 2. The first-order chi connectivity index (χ1) is 15.9. The molecule has 2 aliphatic heterocycles. The van der Waals surface area contributed by atoms with Gasteiger partial charge in [-0.25, -0.2) is 4.39 Å². The second kappa shape index (κ2) is 8.16. The van der Waals surface area contributed by atoms with Crippen molar-refractivity contribution in [2.75, 3.05) is 0 Å². The summed E-state index contributed by atoms with van der Waals surface area (Å²) < 4.78 is 19.3. The summed E-state index contributed by atoms with van der Waals surface area (Å²) in [4.78, 5) is 31.6. The Morgan fingerprint density at radius 3 is 2.58 bits per heavy atom. The highest BCUT2D eigenvalue weighted by Gasteiger charge is 2.46. The third kappa shape index (κ3) is 3.75. The topological polar surface area (TPSA) is 79.7 Å². The van der Waals surface area contributed by atoms with E-state index in [-0.39, 0.29) is 24.0 Å². The number of amides is 1. The van der Waals surface area contributed by atoms with Crippen LogP contribution in [0, 0.1) is 5.82 Å². The van der Waals surface area contributed by atoms with Gasteiger partial charge in [0.05, 0.1) is 11.6 Å². The van der Waals surface area contributed by atoms with Crippen molar-refractivity contribution in [3.63, 3.8) is 0 Å². The number of Topliss-reactive ketones (excluding diaryl/α,β-unsaturated/α-hetero) is 1. The molecule has 1 fully saturated rings. The smallest absolute Gasteiger partial charge is 0.295 e. The van der Waals surface area contributed by atoms with E-state index in [1.165, 1.54) is 29.2 Å². The van der Waals surface area contributed by atoms with Gasteiger partial charge in [-0.15, -0.1) is 0 Å². The number of pyridine rings is 1. The molecule has 0 spiro atoms. The van der Waals surface area contributed by atoms with Gasteiger partial charge in [0.2, 0.25) is 0 Å². The first kappa shape index (κ1) is 20.9. The lowest BCUT2D eigenvalue weighted by molar-refractivity contribution is -0.140. The summed E-state index contributed by atoms with van der Waals surface area (Å²) in [6.07, 6.45) is 3.93. The van der Waals surface area contributed by atoms with Crippen molar-refractivity contribution in [2.24, 2.45) is 0 Å². The van der Waals surface area contributed by atoms with Gasteiger partial charge in [0.1, 0.15) is 23.4 Å². The van der Waals surface area contributed by atoms with Crippen molar-refractivity contribution in [3.05, 3.63) is 101 Å². The van der Waals surface area contributed by atoms with Crippen LogP contribution in [0.3, 0.4) is 0 Å². The predicted octanol–water partition coefficient (Wildman–Crippen LogP) is 4.17. The lowest BCUT2D eigenvalue weighted by Crippen LogP contribution is -2.29. The monoisotopic (exact) mass is 444 g/mol. The molecule has 1 N–H and O–H groups in total. The number of fused-ring (bicyclic) bond motifs is 1. The SMILES string of the molecule is CC1Cc2cc(/C(O)=C3\C(=O)C(=O)N(Cc4ccncc4)C3c3ccc(F)cc3)ccc2O1. The molecule has 0 radical (unpaired) electrons. The van der Waals surface area contributed by atoms with E-state index in [4.69, 9.17) is 4.74 Å². The first-order valence-electron chi connectivity index (χ1n) is 10.6. The van der Waals surface area contributed by atoms with Crippen LogP contribution in [0.25, 0.3) is 5.76 Å². The van der Waals surface area contributed by atoms with Crippen LogP contribution in [-0.2, 0) is 22.6 Å². The van der Waals surface area contributed by atoms with E-state index >= 15 is 0 Å². The highest BCUT2D eigenvalue weighted by molar-refractivity contribution is 6.46. The van der Waals surface area contributed by atoms with E-state index in [0.29, 0.717) is 17.5 Å². The molecule has 2 unspecified atom stereocenters. The summed E-state index contributed by atoms with van der Waals surface area (Å²) >= 11 is 0. The predicted molar refractivity (Wildman–Crippen MR) is 119 cm³/mol. The number of aliphatic hydroxyl groups excluding tert-OH is 1. The number of hydrogen-bond acceptors (Lipinski definition) is 5. The molecule has 33 heavy (non-hydrogen) atoms. The minimum atomic E-state index is -0.859. The number of hydrogen-bond donors (Lipinski definition) is 1. The van der Waals surface area contributed by atoms with E-state index in [9.17, 15) is 19.1 Å². The van der Waals surface area contributed by atoms with Crippen molar-refractivity contribution in [1.82, 2.24) is 9.88 Å².